The van der Waals surface area contributed by atoms with E-state index in [2.05, 4.69) is 40.0 Å². The van der Waals surface area contributed by atoms with Gasteiger partial charge in [0, 0.05) is 15.7 Å². The zero-order valence-corrected chi connectivity index (χ0v) is 17.5. The summed E-state index contributed by atoms with van der Waals surface area (Å²) < 4.78 is 14.7. The number of halogens is 2. The number of aryl methyl sites for hydroxylation is 1. The third kappa shape index (κ3) is 3.15. The quantitative estimate of drug-likeness (QED) is 0.575. The number of H-pyrrole nitrogens is 1. The van der Waals surface area contributed by atoms with Crippen LogP contribution in [0.25, 0.3) is 0 Å². The van der Waals surface area contributed by atoms with E-state index in [1.165, 1.54) is 12.1 Å². The first-order valence-corrected chi connectivity index (χ1v) is 10.1. The highest BCUT2D eigenvalue weighted by Crippen LogP contribution is 2.44. The molecule has 1 unspecified atom stereocenters. The lowest BCUT2D eigenvalue weighted by molar-refractivity contribution is 0.0988. The van der Waals surface area contributed by atoms with Gasteiger partial charge in [-0.15, -0.1) is 0 Å². The van der Waals surface area contributed by atoms with E-state index >= 15 is 0 Å². The summed E-state index contributed by atoms with van der Waals surface area (Å²) in [5, 5.41) is 7.40. The Kier molecular flexibility index (Phi) is 4.83. The highest BCUT2D eigenvalue weighted by Gasteiger charge is 2.43. The van der Waals surface area contributed by atoms with Gasteiger partial charge in [0.25, 0.3) is 5.91 Å². The second-order valence-electron chi connectivity index (χ2n) is 7.61. The molecule has 0 saturated heterocycles. The minimum absolute atomic E-state index is 0.117. The Morgan fingerprint density at radius 3 is 2.57 bits per heavy atom. The van der Waals surface area contributed by atoms with Crippen molar-refractivity contribution < 1.29 is 9.18 Å². The minimum atomic E-state index is -0.336. The van der Waals surface area contributed by atoms with Crippen LogP contribution in [0.5, 0.6) is 0 Å². The predicted molar refractivity (Wildman–Crippen MR) is 111 cm³/mol. The summed E-state index contributed by atoms with van der Waals surface area (Å²) in [6.07, 6.45) is 0.768. The van der Waals surface area contributed by atoms with Gasteiger partial charge in [-0.2, -0.15) is 5.10 Å². The number of nitrogens with zero attached hydrogens (tertiary/aromatic N) is 2. The van der Waals surface area contributed by atoms with Gasteiger partial charge in [-0.25, -0.2) is 4.39 Å². The average Bonchev–Trinajstić information content (AvgIpc) is 3.15. The van der Waals surface area contributed by atoms with E-state index in [0.717, 1.165) is 39.0 Å². The van der Waals surface area contributed by atoms with Crippen molar-refractivity contribution in [2.45, 2.75) is 33.2 Å². The number of hydrogen-bond acceptors (Lipinski definition) is 2. The number of fused-ring (bicyclic) bond motifs is 1. The molecule has 4 rings (SSSR count). The molecule has 3 aromatic rings. The van der Waals surface area contributed by atoms with E-state index in [9.17, 15) is 9.18 Å². The highest BCUT2D eigenvalue weighted by molar-refractivity contribution is 9.10. The molecule has 1 aliphatic rings. The number of nitrogens with one attached hydrogen (secondary N) is 1. The first-order chi connectivity index (χ1) is 13.4. The molecule has 6 heteroatoms. The average molecular weight is 442 g/mol. The van der Waals surface area contributed by atoms with Crippen LogP contribution in [0.2, 0.25) is 0 Å². The van der Waals surface area contributed by atoms with Crippen molar-refractivity contribution in [3.05, 3.63) is 80.8 Å². The van der Waals surface area contributed by atoms with Crippen LogP contribution in [0.4, 0.5) is 10.1 Å². The summed E-state index contributed by atoms with van der Waals surface area (Å²) in [4.78, 5) is 15.1. The van der Waals surface area contributed by atoms with Gasteiger partial charge in [0.1, 0.15) is 11.5 Å². The van der Waals surface area contributed by atoms with Gasteiger partial charge >= 0.3 is 0 Å². The second kappa shape index (κ2) is 7.17. The maximum absolute atomic E-state index is 13.8. The number of amides is 1. The van der Waals surface area contributed by atoms with Gasteiger partial charge in [0.2, 0.25) is 0 Å². The van der Waals surface area contributed by atoms with Crippen LogP contribution in [-0.2, 0) is 6.42 Å². The summed E-state index contributed by atoms with van der Waals surface area (Å²) in [7, 11) is 0. The normalized spacial score (nSPS) is 16.1. The maximum Gasteiger partial charge on any atom is 0.277 e. The van der Waals surface area contributed by atoms with Gasteiger partial charge in [-0.3, -0.25) is 14.8 Å². The van der Waals surface area contributed by atoms with Crippen molar-refractivity contribution in [1.82, 2.24) is 10.2 Å². The van der Waals surface area contributed by atoms with Crippen LogP contribution in [0.15, 0.2) is 46.9 Å². The summed E-state index contributed by atoms with van der Waals surface area (Å²) in [6, 6.07) is 12.1. The number of carbonyl (C=O) groups is 1. The van der Waals surface area contributed by atoms with E-state index in [-0.39, 0.29) is 17.8 Å². The van der Waals surface area contributed by atoms with Crippen LogP contribution >= 0.6 is 15.9 Å². The molecule has 1 aromatic heterocycles. The van der Waals surface area contributed by atoms with E-state index in [1.807, 2.05) is 31.2 Å². The lowest BCUT2D eigenvalue weighted by atomic mass is 9.92. The molecule has 144 valence electrons. The maximum atomic E-state index is 13.8. The number of carbonyl (C=O) groups excluding carboxylic acids is 1. The van der Waals surface area contributed by atoms with Crippen molar-refractivity contribution in [2.24, 2.45) is 5.92 Å². The molecule has 0 radical (unpaired) electrons. The standard InChI is InChI=1S/C22H21BrFN3O/c1-12(2)10-18-19-20(26-25-18)22(28)27(16-7-4-14(23)5-8-16)21(19)17-9-6-15(24)11-13(17)3/h4-9,11-12,21H,10H2,1-3H3,(H,25,26). The molecule has 0 aliphatic carbocycles. The van der Waals surface area contributed by atoms with E-state index in [0.29, 0.717) is 11.6 Å². The van der Waals surface area contributed by atoms with Gasteiger partial charge in [0.15, 0.2) is 0 Å². The zero-order valence-electron chi connectivity index (χ0n) is 16.0. The number of aromatic nitrogens is 2. The van der Waals surface area contributed by atoms with Gasteiger partial charge in [-0.1, -0.05) is 35.8 Å². The van der Waals surface area contributed by atoms with Crippen LogP contribution < -0.4 is 4.90 Å². The monoisotopic (exact) mass is 441 g/mol. The third-order valence-corrected chi connectivity index (χ3v) is 5.61. The first kappa shape index (κ1) is 18.9. The number of anilines is 1. The van der Waals surface area contributed by atoms with Gasteiger partial charge in [-0.05, 0) is 66.8 Å². The molecule has 0 fully saturated rings. The second-order valence-corrected chi connectivity index (χ2v) is 8.53. The van der Waals surface area contributed by atoms with Crippen LogP contribution in [0.1, 0.15) is 52.8 Å². The molecule has 0 saturated carbocycles. The Bertz CT molecular complexity index is 1040. The molecule has 2 heterocycles. The van der Waals surface area contributed by atoms with Crippen molar-refractivity contribution in [3.63, 3.8) is 0 Å². The molecule has 0 spiro atoms. The number of aromatic amines is 1. The van der Waals surface area contributed by atoms with Crippen molar-refractivity contribution in [1.29, 1.82) is 0 Å². The molecule has 1 amide bonds. The molecular weight excluding hydrogens is 421 g/mol. The molecular formula is C22H21BrFN3O. The summed E-state index contributed by atoms with van der Waals surface area (Å²) in [6.45, 7) is 6.13. The lowest BCUT2D eigenvalue weighted by Gasteiger charge is -2.28. The number of rotatable bonds is 4. The molecule has 0 bridgehead atoms. The van der Waals surface area contributed by atoms with Gasteiger partial charge < -0.3 is 0 Å². The SMILES string of the molecule is Cc1cc(F)ccc1C1c2c(CC(C)C)n[nH]c2C(=O)N1c1ccc(Br)cc1. The Morgan fingerprint density at radius 1 is 1.21 bits per heavy atom. The smallest absolute Gasteiger partial charge is 0.277 e. The highest BCUT2D eigenvalue weighted by atomic mass is 79.9. The number of hydrogen-bond donors (Lipinski definition) is 1. The largest absolute Gasteiger partial charge is 0.295 e. The molecule has 28 heavy (non-hydrogen) atoms. The first-order valence-electron chi connectivity index (χ1n) is 9.29. The topological polar surface area (TPSA) is 49.0 Å². The molecule has 1 atom stereocenters. The van der Waals surface area contributed by atoms with Crippen LogP contribution in [0, 0.1) is 18.7 Å². The lowest BCUT2D eigenvalue weighted by Crippen LogP contribution is -2.30. The van der Waals surface area contributed by atoms with E-state index in [1.54, 1.807) is 11.0 Å². The van der Waals surface area contributed by atoms with Crippen LogP contribution in [-0.4, -0.2) is 16.1 Å². The fraction of sp³-hybridized carbons (Fsp3) is 0.273. The van der Waals surface area contributed by atoms with E-state index < -0.39 is 0 Å². The fourth-order valence-corrected chi connectivity index (χ4v) is 4.13. The Hall–Kier alpha value is -2.47. The van der Waals surface area contributed by atoms with Crippen molar-refractivity contribution in [2.75, 3.05) is 4.90 Å². The Balaban J connectivity index is 1.92. The zero-order chi connectivity index (χ0) is 20.0. The van der Waals surface area contributed by atoms with Crippen LogP contribution in [0.3, 0.4) is 0 Å². The summed E-state index contributed by atoms with van der Waals surface area (Å²) in [5.41, 5.74) is 4.82. The third-order valence-electron chi connectivity index (χ3n) is 5.08. The minimum Gasteiger partial charge on any atom is -0.295 e. The number of benzene rings is 2. The molecule has 1 N–H and O–H groups in total. The van der Waals surface area contributed by atoms with Crippen molar-refractivity contribution in [3.8, 4) is 0 Å². The summed E-state index contributed by atoms with van der Waals surface area (Å²) >= 11 is 3.45. The van der Waals surface area contributed by atoms with Crippen molar-refractivity contribution >= 4 is 27.5 Å². The van der Waals surface area contributed by atoms with Gasteiger partial charge in [0.05, 0.1) is 11.7 Å². The summed E-state index contributed by atoms with van der Waals surface area (Å²) in [5.74, 6) is 0.00309. The molecule has 4 nitrogen and oxygen atoms in total. The molecule has 2 aromatic carbocycles. The predicted octanol–water partition coefficient (Wildman–Crippen LogP) is 5.57. The Morgan fingerprint density at radius 2 is 1.93 bits per heavy atom. The fourth-order valence-electron chi connectivity index (χ4n) is 3.86. The molecule has 1 aliphatic heterocycles. The van der Waals surface area contributed by atoms with E-state index in [4.69, 9.17) is 0 Å². The Labute approximate surface area is 171 Å².